The molecule has 1 aromatic carbocycles. The van der Waals surface area contributed by atoms with Crippen molar-refractivity contribution in [2.45, 2.75) is 6.92 Å². The number of nitrogens with zero attached hydrogens (tertiary/aromatic N) is 1. The first-order valence-electron chi connectivity index (χ1n) is 5.75. The molecular formula is C13H13BrN2O3. The van der Waals surface area contributed by atoms with E-state index in [2.05, 4.69) is 21.2 Å². The molecule has 19 heavy (non-hydrogen) atoms. The van der Waals surface area contributed by atoms with Crippen LogP contribution in [0.3, 0.4) is 0 Å². The first-order valence-corrected chi connectivity index (χ1v) is 6.54. The van der Waals surface area contributed by atoms with Crippen LogP contribution in [0, 0.1) is 0 Å². The van der Waals surface area contributed by atoms with Crippen molar-refractivity contribution >= 4 is 33.9 Å². The molecule has 1 heterocycles. The van der Waals surface area contributed by atoms with E-state index in [0.29, 0.717) is 12.3 Å². The second-order valence-corrected chi connectivity index (χ2v) is 4.79. The molecule has 6 heteroatoms. The molecule has 2 rings (SSSR count). The van der Waals surface area contributed by atoms with Crippen molar-refractivity contribution in [1.82, 2.24) is 10.2 Å². The Balaban J connectivity index is 2.30. The molecule has 0 unspecified atom stereocenters. The molecule has 1 aliphatic heterocycles. The van der Waals surface area contributed by atoms with Gasteiger partial charge >= 0.3 is 6.03 Å². The molecule has 0 radical (unpaired) electrons. The largest absolute Gasteiger partial charge is 0.496 e. The van der Waals surface area contributed by atoms with Gasteiger partial charge < -0.3 is 10.1 Å². The summed E-state index contributed by atoms with van der Waals surface area (Å²) in [6, 6.07) is 5.03. The fourth-order valence-corrected chi connectivity index (χ4v) is 2.36. The average Bonchev–Trinajstić information content (AvgIpc) is 2.64. The van der Waals surface area contributed by atoms with Gasteiger partial charge in [-0.15, -0.1) is 0 Å². The highest BCUT2D eigenvalue weighted by atomic mass is 79.9. The van der Waals surface area contributed by atoms with Crippen molar-refractivity contribution in [2.75, 3.05) is 13.7 Å². The van der Waals surface area contributed by atoms with Gasteiger partial charge in [-0.05, 0) is 46.6 Å². The predicted molar refractivity (Wildman–Crippen MR) is 74.6 cm³/mol. The molecule has 1 N–H and O–H groups in total. The third-order valence-electron chi connectivity index (χ3n) is 2.77. The number of rotatable bonds is 3. The molecule has 0 atom stereocenters. The number of benzene rings is 1. The van der Waals surface area contributed by atoms with Crippen molar-refractivity contribution in [3.05, 3.63) is 33.9 Å². The van der Waals surface area contributed by atoms with E-state index < -0.39 is 0 Å². The number of likely N-dealkylation sites (N-methyl/N-ethyl adjacent to an activating group) is 1. The summed E-state index contributed by atoms with van der Waals surface area (Å²) >= 11 is 3.37. The maximum Gasteiger partial charge on any atom is 0.328 e. The van der Waals surface area contributed by atoms with Crippen molar-refractivity contribution in [1.29, 1.82) is 0 Å². The molecule has 3 amide bonds. The van der Waals surface area contributed by atoms with Gasteiger partial charge in [0.15, 0.2) is 0 Å². The Bertz CT molecular complexity index is 569. The standard InChI is InChI=1S/C13H13BrN2O3/c1-3-16-12(17)10(15-13(16)18)7-8-4-5-11(19-2)9(14)6-8/h4-7H,3H2,1-2H3,(H,15,18). The minimum Gasteiger partial charge on any atom is -0.496 e. The Morgan fingerprint density at radius 3 is 2.68 bits per heavy atom. The highest BCUT2D eigenvalue weighted by Gasteiger charge is 2.31. The zero-order chi connectivity index (χ0) is 14.0. The molecule has 1 aliphatic rings. The van der Waals surface area contributed by atoms with E-state index in [1.807, 2.05) is 12.1 Å². The number of imide groups is 1. The zero-order valence-electron chi connectivity index (χ0n) is 10.6. The molecule has 0 spiro atoms. The molecular weight excluding hydrogens is 312 g/mol. The van der Waals surface area contributed by atoms with Crippen LogP contribution in [0.4, 0.5) is 4.79 Å². The summed E-state index contributed by atoms with van der Waals surface area (Å²) in [7, 11) is 1.58. The van der Waals surface area contributed by atoms with Gasteiger partial charge in [-0.2, -0.15) is 0 Å². The SMILES string of the molecule is CCN1C(=O)NC(=Cc2ccc(OC)c(Br)c2)C1=O. The van der Waals surface area contributed by atoms with Gasteiger partial charge in [0, 0.05) is 6.54 Å². The van der Waals surface area contributed by atoms with Crippen LogP contribution in [0.1, 0.15) is 12.5 Å². The van der Waals surface area contributed by atoms with Crippen molar-refractivity contribution < 1.29 is 14.3 Å². The van der Waals surface area contributed by atoms with Crippen LogP contribution >= 0.6 is 15.9 Å². The first kappa shape index (κ1) is 13.6. The topological polar surface area (TPSA) is 58.6 Å². The van der Waals surface area contributed by atoms with Crippen LogP contribution in [-0.2, 0) is 4.79 Å². The fraction of sp³-hybridized carbons (Fsp3) is 0.231. The van der Waals surface area contributed by atoms with E-state index in [-0.39, 0.29) is 17.6 Å². The van der Waals surface area contributed by atoms with Crippen LogP contribution in [0.2, 0.25) is 0 Å². The molecule has 100 valence electrons. The summed E-state index contributed by atoms with van der Waals surface area (Å²) in [5.74, 6) is 0.401. The van der Waals surface area contributed by atoms with Crippen LogP contribution in [0.25, 0.3) is 6.08 Å². The summed E-state index contributed by atoms with van der Waals surface area (Å²) in [5.41, 5.74) is 1.08. The van der Waals surface area contributed by atoms with E-state index in [0.717, 1.165) is 14.9 Å². The number of urea groups is 1. The minimum absolute atomic E-state index is 0.281. The average molecular weight is 325 g/mol. The number of carbonyl (C=O) groups excluding carboxylic acids is 2. The van der Waals surface area contributed by atoms with Gasteiger partial charge in [-0.1, -0.05) is 6.07 Å². The number of methoxy groups -OCH3 is 1. The summed E-state index contributed by atoms with van der Waals surface area (Å²) in [6.45, 7) is 2.11. The number of halogens is 1. The highest BCUT2D eigenvalue weighted by molar-refractivity contribution is 9.10. The second kappa shape index (κ2) is 5.44. The van der Waals surface area contributed by atoms with Gasteiger partial charge in [-0.25, -0.2) is 4.79 Å². The smallest absolute Gasteiger partial charge is 0.328 e. The predicted octanol–water partition coefficient (Wildman–Crippen LogP) is 2.37. The van der Waals surface area contributed by atoms with Crippen LogP contribution in [0.15, 0.2) is 28.4 Å². The number of nitrogens with one attached hydrogen (secondary N) is 1. The minimum atomic E-state index is -0.383. The lowest BCUT2D eigenvalue weighted by atomic mass is 10.2. The first-order chi connectivity index (χ1) is 9.06. The lowest BCUT2D eigenvalue weighted by Crippen LogP contribution is -2.30. The lowest BCUT2D eigenvalue weighted by molar-refractivity contribution is -0.122. The van der Waals surface area contributed by atoms with Crippen LogP contribution in [0.5, 0.6) is 5.75 Å². The summed E-state index contributed by atoms with van der Waals surface area (Å²) in [6.07, 6.45) is 1.64. The Labute approximate surface area is 119 Å². The number of carbonyl (C=O) groups is 2. The molecule has 0 aromatic heterocycles. The number of amides is 3. The fourth-order valence-electron chi connectivity index (χ4n) is 1.80. The number of hydrogen-bond donors (Lipinski definition) is 1. The molecule has 1 aromatic rings. The lowest BCUT2D eigenvalue weighted by Gasteiger charge is -2.06. The van der Waals surface area contributed by atoms with Gasteiger partial charge in [0.2, 0.25) is 0 Å². The Morgan fingerprint density at radius 1 is 1.42 bits per heavy atom. The Morgan fingerprint density at radius 2 is 2.16 bits per heavy atom. The maximum atomic E-state index is 11.9. The van der Waals surface area contributed by atoms with E-state index in [9.17, 15) is 9.59 Å². The third-order valence-corrected chi connectivity index (χ3v) is 3.39. The second-order valence-electron chi connectivity index (χ2n) is 3.93. The van der Waals surface area contributed by atoms with Gasteiger partial charge in [0.05, 0.1) is 11.6 Å². The van der Waals surface area contributed by atoms with E-state index in [4.69, 9.17) is 4.74 Å². The van der Waals surface area contributed by atoms with Gasteiger partial charge in [0.1, 0.15) is 11.4 Å². The summed E-state index contributed by atoms with van der Waals surface area (Å²) in [5, 5.41) is 2.55. The van der Waals surface area contributed by atoms with Crippen molar-refractivity contribution in [3.8, 4) is 5.75 Å². The number of ether oxygens (including phenoxy) is 1. The molecule has 0 aliphatic carbocycles. The molecule has 1 saturated heterocycles. The van der Waals surface area contributed by atoms with Crippen LogP contribution in [-0.4, -0.2) is 30.5 Å². The summed E-state index contributed by atoms with van der Waals surface area (Å²) in [4.78, 5) is 24.6. The Hall–Kier alpha value is -1.82. The van der Waals surface area contributed by atoms with Crippen molar-refractivity contribution in [2.24, 2.45) is 0 Å². The van der Waals surface area contributed by atoms with Gasteiger partial charge in [0.25, 0.3) is 5.91 Å². The van der Waals surface area contributed by atoms with Gasteiger partial charge in [-0.3, -0.25) is 9.69 Å². The van der Waals surface area contributed by atoms with E-state index in [1.165, 1.54) is 0 Å². The third kappa shape index (κ3) is 2.63. The molecule has 0 bridgehead atoms. The highest BCUT2D eigenvalue weighted by Crippen LogP contribution is 2.26. The van der Waals surface area contributed by atoms with Crippen molar-refractivity contribution in [3.63, 3.8) is 0 Å². The molecule has 0 saturated carbocycles. The maximum absolute atomic E-state index is 11.9. The molecule has 5 nitrogen and oxygen atoms in total. The molecule has 1 fully saturated rings. The number of hydrogen-bond acceptors (Lipinski definition) is 3. The zero-order valence-corrected chi connectivity index (χ0v) is 12.2. The van der Waals surface area contributed by atoms with E-state index in [1.54, 1.807) is 26.2 Å². The quantitative estimate of drug-likeness (QED) is 0.686. The van der Waals surface area contributed by atoms with Crippen LogP contribution < -0.4 is 10.1 Å². The Kier molecular flexibility index (Phi) is 3.90. The summed E-state index contributed by atoms with van der Waals surface area (Å²) < 4.78 is 5.92. The monoisotopic (exact) mass is 324 g/mol. The normalized spacial score (nSPS) is 17.0. The van der Waals surface area contributed by atoms with E-state index >= 15 is 0 Å².